The second-order valence-electron chi connectivity index (χ2n) is 5.46. The third-order valence-corrected chi connectivity index (χ3v) is 3.87. The molecule has 5 nitrogen and oxygen atoms in total. The third-order valence-electron chi connectivity index (χ3n) is 3.87. The van der Waals surface area contributed by atoms with E-state index in [9.17, 15) is 0 Å². The third kappa shape index (κ3) is 2.72. The van der Waals surface area contributed by atoms with E-state index < -0.39 is 0 Å². The van der Waals surface area contributed by atoms with Gasteiger partial charge in [-0.25, -0.2) is 9.97 Å². The zero-order chi connectivity index (χ0) is 13.2. The topological polar surface area (TPSA) is 50.3 Å². The summed E-state index contributed by atoms with van der Waals surface area (Å²) in [5.41, 5.74) is 2.31. The van der Waals surface area contributed by atoms with Gasteiger partial charge >= 0.3 is 0 Å². The molecule has 2 aliphatic heterocycles. The SMILES string of the molecule is CC1Cc2nc(N3CCCNCC3)ncc2C(C)O1. The lowest BCUT2D eigenvalue weighted by molar-refractivity contribution is -0.00618. The van der Waals surface area contributed by atoms with Crippen molar-refractivity contribution in [3.63, 3.8) is 0 Å². The fourth-order valence-corrected chi connectivity index (χ4v) is 2.86. The van der Waals surface area contributed by atoms with Crippen LogP contribution in [-0.2, 0) is 11.2 Å². The van der Waals surface area contributed by atoms with Crippen LogP contribution in [0.15, 0.2) is 6.20 Å². The van der Waals surface area contributed by atoms with Crippen LogP contribution < -0.4 is 10.2 Å². The molecule has 2 unspecified atom stereocenters. The second-order valence-corrected chi connectivity index (χ2v) is 5.46. The van der Waals surface area contributed by atoms with Crippen LogP contribution in [0.2, 0.25) is 0 Å². The fraction of sp³-hybridized carbons (Fsp3) is 0.714. The Labute approximate surface area is 114 Å². The average molecular weight is 262 g/mol. The summed E-state index contributed by atoms with van der Waals surface area (Å²) >= 11 is 0. The van der Waals surface area contributed by atoms with Crippen molar-refractivity contribution in [3.8, 4) is 0 Å². The number of hydrogen-bond acceptors (Lipinski definition) is 5. The maximum absolute atomic E-state index is 5.81. The summed E-state index contributed by atoms with van der Waals surface area (Å²) < 4.78 is 5.81. The standard InChI is InChI=1S/C14H22N4O/c1-10-8-13-12(11(2)19-10)9-16-14(17-13)18-6-3-4-15-5-7-18/h9-11,15H,3-8H2,1-2H3. The number of anilines is 1. The van der Waals surface area contributed by atoms with E-state index in [1.807, 2.05) is 6.20 Å². The van der Waals surface area contributed by atoms with Gasteiger partial charge in [0.1, 0.15) is 0 Å². The highest BCUT2D eigenvalue weighted by Gasteiger charge is 2.24. The minimum absolute atomic E-state index is 0.110. The largest absolute Gasteiger partial charge is 0.370 e. The molecule has 3 rings (SSSR count). The van der Waals surface area contributed by atoms with Gasteiger partial charge in [0.2, 0.25) is 5.95 Å². The van der Waals surface area contributed by atoms with E-state index in [1.54, 1.807) is 0 Å². The van der Waals surface area contributed by atoms with Gasteiger partial charge in [0.05, 0.1) is 17.9 Å². The Morgan fingerprint density at radius 3 is 3.11 bits per heavy atom. The summed E-state index contributed by atoms with van der Waals surface area (Å²) in [6, 6.07) is 0. The minimum Gasteiger partial charge on any atom is -0.370 e. The van der Waals surface area contributed by atoms with Crippen LogP contribution in [0.4, 0.5) is 5.95 Å². The molecule has 5 heteroatoms. The molecule has 1 saturated heterocycles. The Hall–Kier alpha value is -1.20. The maximum atomic E-state index is 5.81. The number of hydrogen-bond donors (Lipinski definition) is 1. The summed E-state index contributed by atoms with van der Waals surface area (Å²) in [6.45, 7) is 8.30. The van der Waals surface area contributed by atoms with Gasteiger partial charge in [-0.2, -0.15) is 0 Å². The van der Waals surface area contributed by atoms with Gasteiger partial charge in [0.15, 0.2) is 0 Å². The summed E-state index contributed by atoms with van der Waals surface area (Å²) in [6.07, 6.45) is 4.35. The van der Waals surface area contributed by atoms with Gasteiger partial charge in [-0.05, 0) is 26.8 Å². The summed E-state index contributed by atoms with van der Waals surface area (Å²) in [4.78, 5) is 11.6. The van der Waals surface area contributed by atoms with Crippen molar-refractivity contribution in [2.45, 2.75) is 38.9 Å². The molecule has 104 valence electrons. The van der Waals surface area contributed by atoms with Crippen molar-refractivity contribution in [2.24, 2.45) is 0 Å². The van der Waals surface area contributed by atoms with Gasteiger partial charge < -0.3 is 15.0 Å². The van der Waals surface area contributed by atoms with Crippen molar-refractivity contribution in [2.75, 3.05) is 31.1 Å². The molecule has 0 aromatic carbocycles. The number of nitrogens with one attached hydrogen (secondary N) is 1. The zero-order valence-corrected chi connectivity index (χ0v) is 11.7. The van der Waals surface area contributed by atoms with Crippen LogP contribution >= 0.6 is 0 Å². The van der Waals surface area contributed by atoms with Crippen molar-refractivity contribution in [1.82, 2.24) is 15.3 Å². The molecule has 1 aromatic heterocycles. The number of ether oxygens (including phenoxy) is 1. The predicted octanol–water partition coefficient (Wildman–Crippen LogP) is 1.30. The molecular weight excluding hydrogens is 240 g/mol. The maximum Gasteiger partial charge on any atom is 0.225 e. The van der Waals surface area contributed by atoms with E-state index in [2.05, 4.69) is 29.0 Å². The lowest BCUT2D eigenvalue weighted by atomic mass is 10.0. The molecule has 1 N–H and O–H groups in total. The Morgan fingerprint density at radius 1 is 1.32 bits per heavy atom. The molecule has 0 aliphatic carbocycles. The molecular formula is C14H22N4O. The van der Waals surface area contributed by atoms with Crippen molar-refractivity contribution < 1.29 is 4.74 Å². The molecule has 0 radical (unpaired) electrons. The Morgan fingerprint density at radius 2 is 2.21 bits per heavy atom. The summed E-state index contributed by atoms with van der Waals surface area (Å²) in [5, 5.41) is 3.41. The molecule has 1 fully saturated rings. The van der Waals surface area contributed by atoms with Gasteiger partial charge in [-0.15, -0.1) is 0 Å². The van der Waals surface area contributed by atoms with Gasteiger partial charge in [-0.1, -0.05) is 0 Å². The van der Waals surface area contributed by atoms with Gasteiger partial charge in [-0.3, -0.25) is 0 Å². The van der Waals surface area contributed by atoms with E-state index in [4.69, 9.17) is 9.72 Å². The monoisotopic (exact) mass is 262 g/mol. The highest BCUT2D eigenvalue weighted by atomic mass is 16.5. The Bertz CT molecular complexity index is 443. The van der Waals surface area contributed by atoms with Crippen LogP contribution in [0.25, 0.3) is 0 Å². The molecule has 0 amide bonds. The number of fused-ring (bicyclic) bond motifs is 1. The molecule has 19 heavy (non-hydrogen) atoms. The number of nitrogens with zero attached hydrogens (tertiary/aromatic N) is 3. The first kappa shape index (κ1) is 12.8. The lowest BCUT2D eigenvalue weighted by Crippen LogP contribution is -2.31. The smallest absolute Gasteiger partial charge is 0.225 e. The van der Waals surface area contributed by atoms with E-state index >= 15 is 0 Å². The van der Waals surface area contributed by atoms with Crippen LogP contribution in [0.3, 0.4) is 0 Å². The Kier molecular flexibility index (Phi) is 3.66. The van der Waals surface area contributed by atoms with E-state index in [0.717, 1.165) is 56.2 Å². The lowest BCUT2D eigenvalue weighted by Gasteiger charge is -2.28. The van der Waals surface area contributed by atoms with Crippen molar-refractivity contribution in [1.29, 1.82) is 0 Å². The second kappa shape index (κ2) is 5.43. The van der Waals surface area contributed by atoms with Crippen molar-refractivity contribution >= 4 is 5.95 Å². The van der Waals surface area contributed by atoms with E-state index in [-0.39, 0.29) is 12.2 Å². The molecule has 0 spiro atoms. The minimum atomic E-state index is 0.110. The normalized spacial score (nSPS) is 27.8. The molecule has 2 aliphatic rings. The first-order chi connectivity index (χ1) is 9.24. The highest BCUT2D eigenvalue weighted by Crippen LogP contribution is 2.29. The van der Waals surface area contributed by atoms with E-state index in [1.165, 1.54) is 0 Å². The number of rotatable bonds is 1. The molecule has 3 heterocycles. The van der Waals surface area contributed by atoms with Crippen LogP contribution in [-0.4, -0.2) is 42.3 Å². The molecule has 2 atom stereocenters. The average Bonchev–Trinajstić information content (AvgIpc) is 2.66. The summed E-state index contributed by atoms with van der Waals surface area (Å²) in [5.74, 6) is 0.878. The quantitative estimate of drug-likeness (QED) is 0.826. The van der Waals surface area contributed by atoms with Gasteiger partial charge in [0, 0.05) is 37.8 Å². The highest BCUT2D eigenvalue weighted by molar-refractivity contribution is 5.35. The molecule has 0 bridgehead atoms. The van der Waals surface area contributed by atoms with Crippen LogP contribution in [0.1, 0.15) is 37.6 Å². The van der Waals surface area contributed by atoms with Crippen LogP contribution in [0.5, 0.6) is 0 Å². The van der Waals surface area contributed by atoms with Crippen LogP contribution in [0, 0.1) is 0 Å². The molecule has 0 saturated carbocycles. The van der Waals surface area contributed by atoms with Gasteiger partial charge in [0.25, 0.3) is 0 Å². The predicted molar refractivity (Wildman–Crippen MR) is 74.4 cm³/mol. The molecule has 1 aromatic rings. The zero-order valence-electron chi connectivity index (χ0n) is 11.7. The van der Waals surface area contributed by atoms with Crippen molar-refractivity contribution in [3.05, 3.63) is 17.5 Å². The first-order valence-electron chi connectivity index (χ1n) is 7.21. The first-order valence-corrected chi connectivity index (χ1v) is 7.21. The van der Waals surface area contributed by atoms with E-state index in [0.29, 0.717) is 0 Å². The summed E-state index contributed by atoms with van der Waals surface area (Å²) in [7, 11) is 0. The fourth-order valence-electron chi connectivity index (χ4n) is 2.86. The number of aromatic nitrogens is 2. The Balaban J connectivity index is 1.85.